The van der Waals surface area contributed by atoms with E-state index in [9.17, 15) is 0 Å². The molecule has 0 saturated heterocycles. The molecule has 0 aliphatic carbocycles. The smallest absolute Gasteiger partial charge is 0.163 e. The number of hydrogen-bond donors (Lipinski definition) is 1. The Kier molecular flexibility index (Phi) is 1.53. The molecule has 14 heavy (non-hydrogen) atoms. The Labute approximate surface area is 81.3 Å². The third kappa shape index (κ3) is 1.00. The fourth-order valence-corrected chi connectivity index (χ4v) is 1.71. The molecule has 1 aromatic heterocycles. The second-order valence-corrected chi connectivity index (χ2v) is 3.31. The first-order valence-electron chi connectivity index (χ1n) is 4.65. The Morgan fingerprint density at radius 3 is 3.07 bits per heavy atom. The van der Waals surface area contributed by atoms with E-state index in [1.54, 1.807) is 0 Å². The van der Waals surface area contributed by atoms with Crippen molar-refractivity contribution in [2.24, 2.45) is 4.99 Å². The largest absolute Gasteiger partial charge is 0.314 e. The van der Waals surface area contributed by atoms with Gasteiger partial charge < -0.3 is 4.90 Å². The zero-order valence-electron chi connectivity index (χ0n) is 7.64. The molecule has 1 aliphatic rings. The molecule has 1 N–H and O–H groups in total. The summed E-state index contributed by atoms with van der Waals surface area (Å²) in [5.74, 6) is 0.974. The van der Waals surface area contributed by atoms with Gasteiger partial charge in [0, 0.05) is 11.9 Å². The minimum atomic E-state index is 0.862. The third-order valence-corrected chi connectivity index (χ3v) is 2.41. The van der Waals surface area contributed by atoms with Crippen LogP contribution in [0.5, 0.6) is 0 Å². The zero-order valence-corrected chi connectivity index (χ0v) is 7.64. The van der Waals surface area contributed by atoms with E-state index in [0.29, 0.717) is 0 Å². The van der Waals surface area contributed by atoms with Crippen LogP contribution in [0.3, 0.4) is 0 Å². The van der Waals surface area contributed by atoms with E-state index < -0.39 is 0 Å². The highest BCUT2D eigenvalue weighted by Gasteiger charge is 2.13. The number of aromatic nitrogens is 2. The first-order valence-corrected chi connectivity index (χ1v) is 4.65. The average molecular weight is 186 g/mol. The van der Waals surface area contributed by atoms with Crippen molar-refractivity contribution in [3.05, 3.63) is 24.3 Å². The van der Waals surface area contributed by atoms with Gasteiger partial charge in [0.1, 0.15) is 0 Å². The molecule has 0 atom stereocenters. The van der Waals surface area contributed by atoms with Gasteiger partial charge in [-0.25, -0.2) is 0 Å². The first-order chi connectivity index (χ1) is 6.95. The lowest BCUT2D eigenvalue weighted by Crippen LogP contribution is -2.18. The Hall–Kier alpha value is -1.84. The number of H-pyrrole nitrogens is 1. The van der Waals surface area contributed by atoms with E-state index in [2.05, 4.69) is 26.2 Å². The Bertz CT molecular complexity index is 486. The molecule has 0 saturated carbocycles. The van der Waals surface area contributed by atoms with Crippen molar-refractivity contribution >= 4 is 23.1 Å². The van der Waals surface area contributed by atoms with Crippen molar-refractivity contribution < 1.29 is 0 Å². The van der Waals surface area contributed by atoms with Crippen LogP contribution in [0.15, 0.2) is 29.3 Å². The van der Waals surface area contributed by atoms with Gasteiger partial charge in [0.05, 0.1) is 18.4 Å². The summed E-state index contributed by atoms with van der Waals surface area (Å²) >= 11 is 0. The number of rotatable bonds is 1. The molecule has 0 spiro atoms. The predicted octanol–water partition coefficient (Wildman–Crippen LogP) is 1.41. The van der Waals surface area contributed by atoms with Crippen molar-refractivity contribution in [2.75, 3.05) is 18.0 Å². The van der Waals surface area contributed by atoms with Gasteiger partial charge in [-0.15, -0.1) is 0 Å². The Morgan fingerprint density at radius 2 is 2.21 bits per heavy atom. The predicted molar refractivity (Wildman–Crippen MR) is 56.8 cm³/mol. The molecule has 0 bridgehead atoms. The number of para-hydroxylation sites is 1. The van der Waals surface area contributed by atoms with Crippen LogP contribution in [-0.2, 0) is 0 Å². The summed E-state index contributed by atoms with van der Waals surface area (Å²) in [5, 5.41) is 8.45. The molecule has 0 unspecified atom stereocenters. The van der Waals surface area contributed by atoms with Gasteiger partial charge in [-0.3, -0.25) is 10.1 Å². The van der Waals surface area contributed by atoms with E-state index in [-0.39, 0.29) is 0 Å². The fraction of sp³-hybridized carbons (Fsp3) is 0.200. The van der Waals surface area contributed by atoms with E-state index in [4.69, 9.17) is 0 Å². The van der Waals surface area contributed by atoms with E-state index in [1.165, 1.54) is 0 Å². The topological polar surface area (TPSA) is 44.3 Å². The van der Waals surface area contributed by atoms with Gasteiger partial charge >= 0.3 is 0 Å². The van der Waals surface area contributed by atoms with Crippen LogP contribution in [-0.4, -0.2) is 29.6 Å². The Morgan fingerprint density at radius 1 is 1.29 bits per heavy atom. The molecule has 0 amide bonds. The number of fused-ring (bicyclic) bond motifs is 1. The summed E-state index contributed by atoms with van der Waals surface area (Å²) in [7, 11) is 0. The molecule has 2 aromatic rings. The summed E-state index contributed by atoms with van der Waals surface area (Å²) in [6.07, 6.45) is 1.85. The number of anilines is 1. The van der Waals surface area contributed by atoms with Crippen molar-refractivity contribution in [3.63, 3.8) is 0 Å². The molecule has 1 aromatic carbocycles. The summed E-state index contributed by atoms with van der Waals surface area (Å²) < 4.78 is 0. The molecule has 4 heteroatoms. The van der Waals surface area contributed by atoms with Gasteiger partial charge in [-0.1, -0.05) is 12.1 Å². The summed E-state index contributed by atoms with van der Waals surface area (Å²) in [6.45, 7) is 1.79. The molecular weight excluding hydrogens is 176 g/mol. The number of aromatic amines is 1. The van der Waals surface area contributed by atoms with Gasteiger partial charge in [0.2, 0.25) is 0 Å². The van der Waals surface area contributed by atoms with Crippen LogP contribution in [0.25, 0.3) is 10.9 Å². The SMILES string of the molecule is C1=NCCN1c1n[nH]c2ccccc12. The highest BCUT2D eigenvalue weighted by atomic mass is 15.3. The molecule has 0 radical (unpaired) electrons. The molecule has 4 nitrogen and oxygen atoms in total. The van der Waals surface area contributed by atoms with E-state index in [0.717, 1.165) is 29.8 Å². The Balaban J connectivity index is 2.16. The normalized spacial score (nSPS) is 15.6. The summed E-state index contributed by atoms with van der Waals surface area (Å²) in [4.78, 5) is 6.24. The monoisotopic (exact) mass is 186 g/mol. The maximum Gasteiger partial charge on any atom is 0.163 e. The number of nitrogens with zero attached hydrogens (tertiary/aromatic N) is 3. The molecule has 1 aliphatic heterocycles. The number of nitrogens with one attached hydrogen (secondary N) is 1. The van der Waals surface area contributed by atoms with Gasteiger partial charge in [0.25, 0.3) is 0 Å². The van der Waals surface area contributed by atoms with Crippen LogP contribution < -0.4 is 4.90 Å². The van der Waals surface area contributed by atoms with Crippen molar-refractivity contribution in [3.8, 4) is 0 Å². The van der Waals surface area contributed by atoms with Crippen LogP contribution in [0.2, 0.25) is 0 Å². The summed E-state index contributed by atoms with van der Waals surface area (Å²) in [5.41, 5.74) is 1.07. The minimum absolute atomic E-state index is 0.862. The first kappa shape index (κ1) is 7.55. The highest BCUT2D eigenvalue weighted by Crippen LogP contribution is 2.23. The molecule has 2 heterocycles. The van der Waals surface area contributed by atoms with Crippen LogP contribution in [0.1, 0.15) is 0 Å². The second-order valence-electron chi connectivity index (χ2n) is 3.31. The molecule has 0 fully saturated rings. The lowest BCUT2D eigenvalue weighted by molar-refractivity contribution is 0.987. The lowest BCUT2D eigenvalue weighted by atomic mass is 10.2. The summed E-state index contributed by atoms with van der Waals surface area (Å²) in [6, 6.07) is 8.12. The van der Waals surface area contributed by atoms with Crippen molar-refractivity contribution in [1.29, 1.82) is 0 Å². The van der Waals surface area contributed by atoms with Crippen LogP contribution in [0.4, 0.5) is 5.82 Å². The van der Waals surface area contributed by atoms with Crippen molar-refractivity contribution in [2.45, 2.75) is 0 Å². The fourth-order valence-electron chi connectivity index (χ4n) is 1.71. The minimum Gasteiger partial charge on any atom is -0.314 e. The lowest BCUT2D eigenvalue weighted by Gasteiger charge is -2.09. The number of benzene rings is 1. The maximum atomic E-state index is 4.29. The third-order valence-electron chi connectivity index (χ3n) is 2.41. The van der Waals surface area contributed by atoms with E-state index >= 15 is 0 Å². The van der Waals surface area contributed by atoms with Gasteiger partial charge in [-0.05, 0) is 12.1 Å². The quantitative estimate of drug-likeness (QED) is 0.731. The van der Waals surface area contributed by atoms with Crippen LogP contribution >= 0.6 is 0 Å². The average Bonchev–Trinajstić information content (AvgIpc) is 2.85. The number of hydrogen-bond acceptors (Lipinski definition) is 3. The molecular formula is C10H10N4. The van der Waals surface area contributed by atoms with Gasteiger partial charge in [-0.2, -0.15) is 5.10 Å². The van der Waals surface area contributed by atoms with Crippen LogP contribution in [0, 0.1) is 0 Å². The van der Waals surface area contributed by atoms with Gasteiger partial charge in [0.15, 0.2) is 5.82 Å². The van der Waals surface area contributed by atoms with E-state index in [1.807, 2.05) is 24.5 Å². The highest BCUT2D eigenvalue weighted by molar-refractivity contribution is 5.96. The second kappa shape index (κ2) is 2.83. The maximum absolute atomic E-state index is 4.29. The standard InChI is InChI=1S/C10H10N4/c1-2-4-9-8(3-1)10(13-12-9)14-6-5-11-7-14/h1-4,7H,5-6H2,(H,12,13). The zero-order chi connectivity index (χ0) is 9.38. The van der Waals surface area contributed by atoms with Crippen molar-refractivity contribution in [1.82, 2.24) is 10.2 Å². The number of aliphatic imine (C=N–C) groups is 1. The molecule has 70 valence electrons. The molecule has 3 rings (SSSR count).